The van der Waals surface area contributed by atoms with Gasteiger partial charge in [0, 0.05) is 23.6 Å². The molecule has 0 amide bonds. The average Bonchev–Trinajstić information content (AvgIpc) is 3.15. The van der Waals surface area contributed by atoms with Crippen LogP contribution in [0.15, 0.2) is 65.8 Å². The van der Waals surface area contributed by atoms with Gasteiger partial charge in [-0.05, 0) is 67.8 Å². The molecule has 7 heteroatoms. The van der Waals surface area contributed by atoms with Crippen molar-refractivity contribution >= 4 is 21.4 Å². The third-order valence-corrected chi connectivity index (χ3v) is 6.59. The van der Waals surface area contributed by atoms with Gasteiger partial charge in [-0.25, -0.2) is 13.4 Å². The highest BCUT2D eigenvalue weighted by Gasteiger charge is 2.19. The van der Waals surface area contributed by atoms with Crippen molar-refractivity contribution in [1.82, 2.24) is 9.38 Å². The van der Waals surface area contributed by atoms with Gasteiger partial charge in [0.05, 0.1) is 17.7 Å². The van der Waals surface area contributed by atoms with Crippen molar-refractivity contribution in [2.75, 3.05) is 11.8 Å². The number of rotatable bonds is 5. The number of nitrogens with one attached hydrogen (secondary N) is 1. The highest BCUT2D eigenvalue weighted by atomic mass is 32.2. The third-order valence-electron chi connectivity index (χ3n) is 5.07. The van der Waals surface area contributed by atoms with Gasteiger partial charge < -0.3 is 9.14 Å². The molecule has 0 saturated heterocycles. The van der Waals surface area contributed by atoms with E-state index in [-0.39, 0.29) is 4.90 Å². The summed E-state index contributed by atoms with van der Waals surface area (Å²) in [5, 5.41) is 0. The number of hydrogen-bond acceptors (Lipinski definition) is 4. The molecule has 4 rings (SSSR count). The molecule has 1 N–H and O–H groups in total. The molecule has 0 aliphatic carbocycles. The fraction of sp³-hybridized carbons (Fsp3) is 0.174. The Bertz CT molecular complexity index is 1360. The zero-order chi connectivity index (χ0) is 21.5. The van der Waals surface area contributed by atoms with Crippen LogP contribution in [-0.4, -0.2) is 24.9 Å². The molecule has 154 valence electrons. The second-order valence-corrected chi connectivity index (χ2v) is 8.97. The fourth-order valence-electron chi connectivity index (χ4n) is 3.52. The average molecular weight is 422 g/mol. The van der Waals surface area contributed by atoms with Crippen LogP contribution in [0.2, 0.25) is 0 Å². The maximum absolute atomic E-state index is 13.0. The molecular weight excluding hydrogens is 398 g/mol. The topological polar surface area (TPSA) is 72.7 Å². The van der Waals surface area contributed by atoms with E-state index in [0.29, 0.717) is 17.0 Å². The monoisotopic (exact) mass is 421 g/mol. The maximum Gasteiger partial charge on any atom is 0.262 e. The molecule has 6 nitrogen and oxygen atoms in total. The summed E-state index contributed by atoms with van der Waals surface area (Å²) in [6.07, 6.45) is 3.88. The summed E-state index contributed by atoms with van der Waals surface area (Å²) >= 11 is 0. The van der Waals surface area contributed by atoms with Crippen molar-refractivity contribution in [1.29, 1.82) is 0 Å². The molecule has 2 aromatic carbocycles. The number of sulfonamides is 1. The van der Waals surface area contributed by atoms with Gasteiger partial charge in [0.25, 0.3) is 10.0 Å². The molecule has 0 fully saturated rings. The van der Waals surface area contributed by atoms with Crippen molar-refractivity contribution in [2.24, 2.45) is 0 Å². The minimum Gasteiger partial charge on any atom is -0.496 e. The molecule has 0 radical (unpaired) electrons. The van der Waals surface area contributed by atoms with Gasteiger partial charge in [0.1, 0.15) is 11.4 Å². The van der Waals surface area contributed by atoms with E-state index in [4.69, 9.17) is 9.72 Å². The van der Waals surface area contributed by atoms with Crippen molar-refractivity contribution in [2.45, 2.75) is 25.7 Å². The third kappa shape index (κ3) is 3.64. The smallest absolute Gasteiger partial charge is 0.262 e. The van der Waals surface area contributed by atoms with Crippen LogP contribution >= 0.6 is 0 Å². The first-order valence-corrected chi connectivity index (χ1v) is 11.0. The Morgan fingerprint density at radius 3 is 2.50 bits per heavy atom. The van der Waals surface area contributed by atoms with E-state index in [1.807, 2.05) is 54.9 Å². The predicted molar refractivity (Wildman–Crippen MR) is 119 cm³/mol. The lowest BCUT2D eigenvalue weighted by Gasteiger charge is -2.14. The van der Waals surface area contributed by atoms with Crippen LogP contribution in [0.4, 0.5) is 5.69 Å². The van der Waals surface area contributed by atoms with Crippen LogP contribution in [0, 0.1) is 20.8 Å². The largest absolute Gasteiger partial charge is 0.496 e. The zero-order valence-electron chi connectivity index (χ0n) is 17.3. The molecule has 2 heterocycles. The van der Waals surface area contributed by atoms with E-state index in [2.05, 4.69) is 4.72 Å². The Morgan fingerprint density at radius 2 is 1.77 bits per heavy atom. The highest BCUT2D eigenvalue weighted by Crippen LogP contribution is 2.28. The first-order valence-electron chi connectivity index (χ1n) is 9.51. The highest BCUT2D eigenvalue weighted by molar-refractivity contribution is 7.92. The summed E-state index contributed by atoms with van der Waals surface area (Å²) in [5.41, 5.74) is 5.43. The minimum atomic E-state index is -3.75. The van der Waals surface area contributed by atoms with E-state index in [1.165, 1.54) is 0 Å². The van der Waals surface area contributed by atoms with Gasteiger partial charge in [0.15, 0.2) is 0 Å². The molecule has 0 bridgehead atoms. The van der Waals surface area contributed by atoms with Crippen LogP contribution in [0.1, 0.15) is 16.7 Å². The Hall–Kier alpha value is -3.32. The summed E-state index contributed by atoms with van der Waals surface area (Å²) in [4.78, 5) is 4.93. The minimum absolute atomic E-state index is 0.231. The molecule has 0 aliphatic heterocycles. The van der Waals surface area contributed by atoms with Gasteiger partial charge in [-0.3, -0.25) is 4.72 Å². The fourth-order valence-corrected chi connectivity index (χ4v) is 4.88. The lowest BCUT2D eigenvalue weighted by Crippen LogP contribution is -2.14. The quantitative estimate of drug-likeness (QED) is 0.505. The summed E-state index contributed by atoms with van der Waals surface area (Å²) < 4.78 is 36.0. The molecule has 0 spiro atoms. The van der Waals surface area contributed by atoms with E-state index in [1.54, 1.807) is 38.3 Å². The molecule has 0 unspecified atom stereocenters. The number of fused-ring (bicyclic) bond motifs is 1. The van der Waals surface area contributed by atoms with Gasteiger partial charge in [0.2, 0.25) is 0 Å². The van der Waals surface area contributed by atoms with Crippen molar-refractivity contribution in [3.63, 3.8) is 0 Å². The summed E-state index contributed by atoms with van der Waals surface area (Å²) in [6.45, 7) is 5.59. The Morgan fingerprint density at radius 1 is 0.967 bits per heavy atom. The molecule has 30 heavy (non-hydrogen) atoms. The number of aryl methyl sites for hydroxylation is 3. The Kier molecular flexibility index (Phi) is 4.99. The predicted octanol–water partition coefficient (Wildman–Crippen LogP) is 4.74. The van der Waals surface area contributed by atoms with Crippen LogP contribution in [-0.2, 0) is 10.0 Å². The number of pyridine rings is 1. The van der Waals surface area contributed by atoms with Crippen LogP contribution < -0.4 is 9.46 Å². The first kappa shape index (κ1) is 20.0. The number of benzene rings is 2. The molecule has 0 saturated carbocycles. The maximum atomic E-state index is 13.0. The van der Waals surface area contributed by atoms with Crippen LogP contribution in [0.25, 0.3) is 16.9 Å². The van der Waals surface area contributed by atoms with E-state index < -0.39 is 10.0 Å². The molecular formula is C23H23N3O3S. The zero-order valence-corrected chi connectivity index (χ0v) is 18.1. The second-order valence-electron chi connectivity index (χ2n) is 7.32. The number of ether oxygens (including phenoxy) is 1. The van der Waals surface area contributed by atoms with E-state index >= 15 is 0 Å². The molecule has 0 atom stereocenters. The van der Waals surface area contributed by atoms with E-state index in [9.17, 15) is 8.42 Å². The number of methoxy groups -OCH3 is 1. The normalized spacial score (nSPS) is 11.6. The summed E-state index contributed by atoms with van der Waals surface area (Å²) in [6, 6.07) is 14.6. The molecule has 4 aromatic rings. The Labute approximate surface area is 176 Å². The summed E-state index contributed by atoms with van der Waals surface area (Å²) in [7, 11) is -2.18. The van der Waals surface area contributed by atoms with Crippen molar-refractivity contribution in [3.05, 3.63) is 77.6 Å². The molecule has 0 aliphatic rings. The van der Waals surface area contributed by atoms with Crippen molar-refractivity contribution in [3.8, 4) is 17.0 Å². The number of anilines is 1. The number of hydrogen-bond donors (Lipinski definition) is 1. The number of nitrogens with zero attached hydrogens (tertiary/aromatic N) is 2. The SMILES string of the molecule is COc1cc(C)c(S(=O)(=O)Nc2cccc(-c3cn4cccc(C)c4n3)c2)cc1C. The van der Waals surface area contributed by atoms with Crippen LogP contribution in [0.3, 0.4) is 0 Å². The lowest BCUT2D eigenvalue weighted by molar-refractivity contribution is 0.411. The van der Waals surface area contributed by atoms with Gasteiger partial charge >= 0.3 is 0 Å². The number of aromatic nitrogens is 2. The van der Waals surface area contributed by atoms with Crippen LogP contribution in [0.5, 0.6) is 5.75 Å². The summed E-state index contributed by atoms with van der Waals surface area (Å²) in [5.74, 6) is 0.663. The Balaban J connectivity index is 1.69. The standard InChI is InChI=1S/C23H23N3O3S/c1-15-7-6-10-26-14-20(24-23(15)26)18-8-5-9-19(13-18)25-30(27,28)22-12-16(2)21(29-4)11-17(22)3/h5-14,25H,1-4H3. The molecule has 2 aromatic heterocycles. The van der Waals surface area contributed by atoms with Gasteiger partial charge in [-0.1, -0.05) is 18.2 Å². The number of imidazole rings is 1. The van der Waals surface area contributed by atoms with Gasteiger partial charge in [-0.2, -0.15) is 0 Å². The first-order chi connectivity index (χ1) is 14.3. The van der Waals surface area contributed by atoms with E-state index in [0.717, 1.165) is 28.0 Å². The van der Waals surface area contributed by atoms with Gasteiger partial charge in [-0.15, -0.1) is 0 Å². The second kappa shape index (κ2) is 7.50. The lowest BCUT2D eigenvalue weighted by atomic mass is 10.1. The van der Waals surface area contributed by atoms with Crippen molar-refractivity contribution < 1.29 is 13.2 Å².